The van der Waals surface area contributed by atoms with Gasteiger partial charge >= 0.3 is 11.7 Å². The van der Waals surface area contributed by atoms with Gasteiger partial charge < -0.3 is 9.72 Å². The Balaban J connectivity index is 2.06. The molecular weight excluding hydrogens is 300 g/mol. The first kappa shape index (κ1) is 13.8. The largest absolute Gasteiger partial charge is 0.465 e. The van der Waals surface area contributed by atoms with E-state index in [1.807, 2.05) is 0 Å². The number of hydrogen-bond donors (Lipinski definition) is 2. The third kappa shape index (κ3) is 2.45. The number of benzene rings is 1. The molecule has 1 saturated heterocycles. The fourth-order valence-corrected chi connectivity index (χ4v) is 2.91. The summed E-state index contributed by atoms with van der Waals surface area (Å²) in [4.78, 5) is 25.6. The summed E-state index contributed by atoms with van der Waals surface area (Å²) >= 11 is 0. The van der Waals surface area contributed by atoms with E-state index < -0.39 is 15.8 Å². The molecule has 3 rings (SSSR count). The van der Waals surface area contributed by atoms with Crippen LogP contribution in [-0.4, -0.2) is 35.1 Å². The van der Waals surface area contributed by atoms with E-state index >= 15 is 0 Å². The minimum atomic E-state index is -4.33. The maximum atomic E-state index is 11.9. The summed E-state index contributed by atoms with van der Waals surface area (Å²) in [5, 5.41) is 0. The molecule has 0 bridgehead atoms. The second-order valence-corrected chi connectivity index (χ2v) is 6.27. The smallest absolute Gasteiger partial charge is 0.326 e. The third-order valence-electron chi connectivity index (χ3n) is 3.49. The van der Waals surface area contributed by atoms with Crippen molar-refractivity contribution >= 4 is 27.1 Å². The van der Waals surface area contributed by atoms with Crippen LogP contribution in [0.5, 0.6) is 0 Å². The van der Waals surface area contributed by atoms with Crippen molar-refractivity contribution in [2.45, 2.75) is 17.9 Å². The van der Waals surface area contributed by atoms with Crippen LogP contribution in [0.4, 0.5) is 0 Å². The number of hydrogen-bond acceptors (Lipinski definition) is 5. The van der Waals surface area contributed by atoms with E-state index in [0.717, 1.165) is 0 Å². The van der Waals surface area contributed by atoms with Crippen molar-refractivity contribution in [3.63, 3.8) is 0 Å². The molecule has 112 valence electrons. The third-order valence-corrected chi connectivity index (χ3v) is 4.34. The maximum Gasteiger partial charge on any atom is 0.326 e. The molecule has 1 aromatic carbocycles. The Morgan fingerprint density at radius 1 is 1.38 bits per heavy atom. The van der Waals surface area contributed by atoms with Gasteiger partial charge in [0.1, 0.15) is 0 Å². The van der Waals surface area contributed by atoms with Crippen molar-refractivity contribution in [1.82, 2.24) is 9.55 Å². The first-order valence-electron chi connectivity index (χ1n) is 6.23. The van der Waals surface area contributed by atoms with E-state index in [2.05, 4.69) is 4.98 Å². The molecule has 0 spiro atoms. The quantitative estimate of drug-likeness (QED) is 0.614. The van der Waals surface area contributed by atoms with Crippen LogP contribution >= 0.6 is 0 Å². The van der Waals surface area contributed by atoms with Crippen molar-refractivity contribution in [2.75, 3.05) is 6.61 Å². The molecular formula is C12H12N2O6S. The molecule has 1 aromatic heterocycles. The fraction of sp³-hybridized carbons (Fsp3) is 0.333. The van der Waals surface area contributed by atoms with Gasteiger partial charge in [0.25, 0.3) is 10.1 Å². The van der Waals surface area contributed by atoms with Crippen molar-refractivity contribution in [3.8, 4) is 0 Å². The normalized spacial score (nSPS) is 19.1. The van der Waals surface area contributed by atoms with Gasteiger partial charge in [-0.15, -0.1) is 0 Å². The Bertz CT molecular complexity index is 879. The number of esters is 1. The zero-order valence-electron chi connectivity index (χ0n) is 10.8. The summed E-state index contributed by atoms with van der Waals surface area (Å²) in [6.07, 6.45) is 0.543. The summed E-state index contributed by atoms with van der Waals surface area (Å²) < 4.78 is 37.4. The summed E-state index contributed by atoms with van der Waals surface area (Å²) in [6.45, 7) is 0.510. The van der Waals surface area contributed by atoms with Crippen LogP contribution < -0.4 is 5.69 Å². The van der Waals surface area contributed by atoms with E-state index in [1.54, 1.807) is 0 Å². The lowest BCUT2D eigenvalue weighted by molar-refractivity contribution is -0.141. The summed E-state index contributed by atoms with van der Waals surface area (Å²) in [5.74, 6) is -0.728. The van der Waals surface area contributed by atoms with Crippen LogP contribution in [0.3, 0.4) is 0 Å². The maximum absolute atomic E-state index is 11.9. The molecule has 1 unspecified atom stereocenters. The second-order valence-electron chi connectivity index (χ2n) is 4.85. The van der Waals surface area contributed by atoms with Gasteiger partial charge in [0.2, 0.25) is 0 Å². The van der Waals surface area contributed by atoms with Gasteiger partial charge in [-0.25, -0.2) is 4.79 Å². The monoisotopic (exact) mass is 312 g/mol. The number of nitrogens with one attached hydrogen (secondary N) is 1. The van der Waals surface area contributed by atoms with Crippen LogP contribution in [0.2, 0.25) is 0 Å². The molecule has 1 atom stereocenters. The standard InChI is InChI=1S/C12H12N2O6S/c15-11-7(3-4-20-11)6-14-10-2-1-8(21(17,18)19)5-9(10)13-12(14)16/h1-2,5,7H,3-4,6H2,(H,13,16)(H,17,18,19). The first-order chi connectivity index (χ1) is 9.86. The molecule has 8 nitrogen and oxygen atoms in total. The number of ether oxygens (including phenoxy) is 1. The minimum Gasteiger partial charge on any atom is -0.465 e. The van der Waals surface area contributed by atoms with Crippen molar-refractivity contribution in [2.24, 2.45) is 5.92 Å². The van der Waals surface area contributed by atoms with E-state index in [0.29, 0.717) is 18.5 Å². The van der Waals surface area contributed by atoms with E-state index in [9.17, 15) is 18.0 Å². The molecule has 21 heavy (non-hydrogen) atoms. The Morgan fingerprint density at radius 2 is 2.14 bits per heavy atom. The van der Waals surface area contributed by atoms with Gasteiger partial charge in [0.15, 0.2) is 0 Å². The fourth-order valence-electron chi connectivity index (χ4n) is 2.41. The van der Waals surface area contributed by atoms with E-state index in [4.69, 9.17) is 9.29 Å². The predicted octanol–water partition coefficient (Wildman–Crippen LogP) is 0.139. The molecule has 1 aliphatic rings. The highest BCUT2D eigenvalue weighted by Gasteiger charge is 2.28. The molecule has 0 amide bonds. The SMILES string of the molecule is O=C1OCCC1Cn1c(=O)[nH]c2cc(S(=O)(=O)O)ccc21. The molecule has 0 aliphatic carbocycles. The number of imidazole rings is 1. The molecule has 0 saturated carbocycles. The van der Waals surface area contributed by atoms with Gasteiger partial charge in [0.05, 0.1) is 28.5 Å². The van der Waals surface area contributed by atoms with Gasteiger partial charge in [-0.05, 0) is 24.6 Å². The van der Waals surface area contributed by atoms with E-state index in [-0.39, 0.29) is 28.8 Å². The highest BCUT2D eigenvalue weighted by molar-refractivity contribution is 7.85. The Labute approximate surface area is 119 Å². The molecule has 9 heteroatoms. The number of nitrogens with zero attached hydrogens (tertiary/aromatic N) is 1. The lowest BCUT2D eigenvalue weighted by Gasteiger charge is -2.07. The van der Waals surface area contributed by atoms with Crippen molar-refractivity contribution in [1.29, 1.82) is 0 Å². The average Bonchev–Trinajstić information content (AvgIpc) is 2.93. The molecule has 2 N–H and O–H groups in total. The van der Waals surface area contributed by atoms with Crippen molar-refractivity contribution < 1.29 is 22.5 Å². The van der Waals surface area contributed by atoms with E-state index in [1.165, 1.54) is 22.8 Å². The predicted molar refractivity (Wildman–Crippen MR) is 71.4 cm³/mol. The summed E-state index contributed by atoms with van der Waals surface area (Å²) in [6, 6.07) is 3.79. The number of aromatic nitrogens is 2. The first-order valence-corrected chi connectivity index (χ1v) is 7.67. The molecule has 1 aliphatic heterocycles. The van der Waals surface area contributed by atoms with Gasteiger partial charge in [0, 0.05) is 6.54 Å². The molecule has 2 aromatic rings. The number of fused-ring (bicyclic) bond motifs is 1. The van der Waals surface area contributed by atoms with Gasteiger partial charge in [-0.1, -0.05) is 0 Å². The number of carbonyl (C=O) groups is 1. The van der Waals surface area contributed by atoms with Gasteiger partial charge in [-0.3, -0.25) is 13.9 Å². The number of aromatic amines is 1. The highest BCUT2D eigenvalue weighted by Crippen LogP contribution is 2.20. The van der Waals surface area contributed by atoms with Crippen LogP contribution in [0.1, 0.15) is 6.42 Å². The molecule has 0 radical (unpaired) electrons. The Kier molecular flexibility index (Phi) is 3.10. The lowest BCUT2D eigenvalue weighted by atomic mass is 10.1. The Morgan fingerprint density at radius 3 is 2.76 bits per heavy atom. The van der Waals surface area contributed by atoms with Crippen LogP contribution in [0, 0.1) is 5.92 Å². The average molecular weight is 312 g/mol. The summed E-state index contributed by atoms with van der Waals surface area (Å²) in [5.41, 5.74) is 0.297. The van der Waals surface area contributed by atoms with Crippen LogP contribution in [0.15, 0.2) is 27.9 Å². The van der Waals surface area contributed by atoms with Crippen LogP contribution in [0.25, 0.3) is 11.0 Å². The Hall–Kier alpha value is -2.13. The number of rotatable bonds is 3. The number of H-pyrrole nitrogens is 1. The van der Waals surface area contributed by atoms with Crippen molar-refractivity contribution in [3.05, 3.63) is 28.7 Å². The molecule has 2 heterocycles. The topological polar surface area (TPSA) is 118 Å². The lowest BCUT2D eigenvalue weighted by Crippen LogP contribution is -2.23. The highest BCUT2D eigenvalue weighted by atomic mass is 32.2. The molecule has 1 fully saturated rings. The zero-order valence-corrected chi connectivity index (χ0v) is 11.6. The number of carbonyl (C=O) groups excluding carboxylic acids is 1. The van der Waals surface area contributed by atoms with Gasteiger partial charge in [-0.2, -0.15) is 8.42 Å². The summed E-state index contributed by atoms with van der Waals surface area (Å²) in [7, 11) is -4.33. The second kappa shape index (κ2) is 4.71. The van der Waals surface area contributed by atoms with Crippen LogP contribution in [-0.2, 0) is 26.2 Å². The minimum absolute atomic E-state index is 0.170. The zero-order chi connectivity index (χ0) is 15.2. The number of cyclic esters (lactones) is 1.